The van der Waals surface area contributed by atoms with Gasteiger partial charge in [-0.3, -0.25) is 4.98 Å². The van der Waals surface area contributed by atoms with E-state index in [0.29, 0.717) is 17.2 Å². The topological polar surface area (TPSA) is 81.9 Å². The zero-order chi connectivity index (χ0) is 15.5. The summed E-state index contributed by atoms with van der Waals surface area (Å²) in [6, 6.07) is 3.28. The molecule has 1 atom stereocenters. The van der Waals surface area contributed by atoms with E-state index in [2.05, 4.69) is 27.0 Å². The average Bonchev–Trinajstić information content (AvgIpc) is 2.99. The SMILES string of the molecule is C=CCOC(=O)C1=C(C)Nc2ncnn2[C@H]1c1cccnc1. The second-order valence-electron chi connectivity index (χ2n) is 4.77. The van der Waals surface area contributed by atoms with Gasteiger partial charge in [-0.05, 0) is 18.6 Å². The van der Waals surface area contributed by atoms with Crippen molar-refractivity contribution in [1.82, 2.24) is 19.7 Å². The van der Waals surface area contributed by atoms with E-state index in [4.69, 9.17) is 4.74 Å². The van der Waals surface area contributed by atoms with Gasteiger partial charge < -0.3 is 10.1 Å². The van der Waals surface area contributed by atoms with Crippen LogP contribution in [0.3, 0.4) is 0 Å². The van der Waals surface area contributed by atoms with Gasteiger partial charge in [0.25, 0.3) is 0 Å². The Morgan fingerprint density at radius 2 is 2.45 bits per heavy atom. The Bertz CT molecular complexity index is 735. The van der Waals surface area contributed by atoms with Crippen molar-refractivity contribution in [3.8, 4) is 0 Å². The first-order chi connectivity index (χ1) is 10.7. The van der Waals surface area contributed by atoms with Crippen molar-refractivity contribution in [3.05, 3.63) is 60.3 Å². The van der Waals surface area contributed by atoms with Crippen LogP contribution in [0.15, 0.2) is 54.8 Å². The first-order valence-electron chi connectivity index (χ1n) is 6.77. The van der Waals surface area contributed by atoms with Crippen molar-refractivity contribution in [2.45, 2.75) is 13.0 Å². The van der Waals surface area contributed by atoms with E-state index in [0.717, 1.165) is 5.56 Å². The fraction of sp³-hybridized carbons (Fsp3) is 0.200. The van der Waals surface area contributed by atoms with Crippen molar-refractivity contribution in [3.63, 3.8) is 0 Å². The molecule has 0 saturated carbocycles. The molecule has 0 amide bonds. The van der Waals surface area contributed by atoms with E-state index in [1.165, 1.54) is 12.4 Å². The number of aromatic nitrogens is 4. The number of anilines is 1. The van der Waals surface area contributed by atoms with Gasteiger partial charge in [0, 0.05) is 18.1 Å². The Balaban J connectivity index is 2.08. The molecule has 3 heterocycles. The summed E-state index contributed by atoms with van der Waals surface area (Å²) >= 11 is 0. The van der Waals surface area contributed by atoms with E-state index in [1.54, 1.807) is 17.1 Å². The van der Waals surface area contributed by atoms with Crippen LogP contribution in [0.1, 0.15) is 18.5 Å². The largest absolute Gasteiger partial charge is 0.458 e. The van der Waals surface area contributed by atoms with Crippen LogP contribution in [0.5, 0.6) is 0 Å². The van der Waals surface area contributed by atoms with E-state index in [9.17, 15) is 4.79 Å². The standard InChI is InChI=1S/C15H15N5O2/c1-3-7-22-14(21)12-10(2)19-15-17-9-18-20(15)13(12)11-5-4-6-16-8-11/h3-6,8-9,13H,1,7H2,2H3,(H,17,18,19)/t13-/m0/s1. The molecule has 1 aliphatic heterocycles. The highest BCUT2D eigenvalue weighted by molar-refractivity contribution is 5.92. The second kappa shape index (κ2) is 5.80. The van der Waals surface area contributed by atoms with Gasteiger partial charge >= 0.3 is 5.97 Å². The number of fused-ring (bicyclic) bond motifs is 1. The molecule has 1 aliphatic rings. The van der Waals surface area contributed by atoms with E-state index in [-0.39, 0.29) is 6.61 Å². The van der Waals surface area contributed by atoms with Crippen LogP contribution in [-0.4, -0.2) is 32.3 Å². The average molecular weight is 297 g/mol. The number of rotatable bonds is 4. The molecule has 0 fully saturated rings. The molecule has 2 aromatic heterocycles. The van der Waals surface area contributed by atoms with Crippen LogP contribution in [0.4, 0.5) is 5.95 Å². The zero-order valence-corrected chi connectivity index (χ0v) is 12.1. The van der Waals surface area contributed by atoms with Crippen molar-refractivity contribution in [2.75, 3.05) is 11.9 Å². The number of esters is 1. The lowest BCUT2D eigenvalue weighted by atomic mass is 9.97. The van der Waals surface area contributed by atoms with Crippen LogP contribution in [0.2, 0.25) is 0 Å². The summed E-state index contributed by atoms with van der Waals surface area (Å²) in [5.41, 5.74) is 2.00. The molecule has 0 saturated heterocycles. The number of pyridine rings is 1. The molecule has 22 heavy (non-hydrogen) atoms. The minimum Gasteiger partial charge on any atom is -0.458 e. The number of ether oxygens (including phenoxy) is 1. The summed E-state index contributed by atoms with van der Waals surface area (Å²) in [5, 5.41) is 7.28. The predicted molar refractivity (Wildman–Crippen MR) is 79.9 cm³/mol. The number of carbonyl (C=O) groups is 1. The number of carbonyl (C=O) groups excluding carboxylic acids is 1. The number of nitrogens with zero attached hydrogens (tertiary/aromatic N) is 4. The third-order valence-electron chi connectivity index (χ3n) is 3.35. The number of allylic oxidation sites excluding steroid dienone is 1. The first kappa shape index (κ1) is 14.0. The maximum atomic E-state index is 12.4. The Hall–Kier alpha value is -2.96. The monoisotopic (exact) mass is 297 g/mol. The lowest BCUT2D eigenvalue weighted by molar-refractivity contribution is -0.138. The summed E-state index contributed by atoms with van der Waals surface area (Å²) in [4.78, 5) is 20.7. The first-order valence-corrected chi connectivity index (χ1v) is 6.77. The molecule has 0 spiro atoms. The number of hydrogen-bond acceptors (Lipinski definition) is 6. The van der Waals surface area contributed by atoms with Gasteiger partial charge in [0.05, 0.1) is 5.57 Å². The summed E-state index contributed by atoms with van der Waals surface area (Å²) in [7, 11) is 0. The molecule has 7 nitrogen and oxygen atoms in total. The summed E-state index contributed by atoms with van der Waals surface area (Å²) in [5.74, 6) is 0.159. The Morgan fingerprint density at radius 1 is 1.59 bits per heavy atom. The highest BCUT2D eigenvalue weighted by Gasteiger charge is 2.34. The van der Waals surface area contributed by atoms with Crippen LogP contribution in [-0.2, 0) is 9.53 Å². The highest BCUT2D eigenvalue weighted by Crippen LogP contribution is 2.34. The van der Waals surface area contributed by atoms with Crippen molar-refractivity contribution >= 4 is 11.9 Å². The van der Waals surface area contributed by atoms with Crippen molar-refractivity contribution < 1.29 is 9.53 Å². The van der Waals surface area contributed by atoms with Crippen molar-refractivity contribution in [1.29, 1.82) is 0 Å². The van der Waals surface area contributed by atoms with Gasteiger partial charge in [0.15, 0.2) is 0 Å². The summed E-state index contributed by atoms with van der Waals surface area (Å²) in [6.45, 7) is 5.52. The van der Waals surface area contributed by atoms with Gasteiger partial charge in [-0.15, -0.1) is 0 Å². The molecular formula is C15H15N5O2. The molecule has 0 radical (unpaired) electrons. The van der Waals surface area contributed by atoms with Crippen molar-refractivity contribution in [2.24, 2.45) is 0 Å². The normalized spacial score (nSPS) is 16.7. The fourth-order valence-corrected chi connectivity index (χ4v) is 2.41. The molecular weight excluding hydrogens is 282 g/mol. The summed E-state index contributed by atoms with van der Waals surface area (Å²) in [6.07, 6.45) is 6.36. The molecule has 0 aliphatic carbocycles. The van der Waals surface area contributed by atoms with Crippen LogP contribution in [0.25, 0.3) is 0 Å². The molecule has 3 rings (SSSR count). The maximum absolute atomic E-state index is 12.4. The van der Waals surface area contributed by atoms with Gasteiger partial charge in [-0.25, -0.2) is 9.48 Å². The lowest BCUT2D eigenvalue weighted by Gasteiger charge is -2.27. The number of nitrogens with one attached hydrogen (secondary N) is 1. The lowest BCUT2D eigenvalue weighted by Crippen LogP contribution is -2.29. The van der Waals surface area contributed by atoms with Gasteiger partial charge in [0.2, 0.25) is 5.95 Å². The minimum atomic E-state index is -0.426. The Morgan fingerprint density at radius 3 is 3.18 bits per heavy atom. The Labute approximate surface area is 127 Å². The van der Waals surface area contributed by atoms with Crippen LogP contribution >= 0.6 is 0 Å². The molecule has 1 N–H and O–H groups in total. The molecule has 2 aromatic rings. The molecule has 0 unspecified atom stereocenters. The molecule has 112 valence electrons. The molecule has 0 bridgehead atoms. The minimum absolute atomic E-state index is 0.152. The maximum Gasteiger partial charge on any atom is 0.338 e. The molecule has 0 aromatic carbocycles. The van der Waals surface area contributed by atoms with Crippen LogP contribution in [0, 0.1) is 0 Å². The van der Waals surface area contributed by atoms with E-state index < -0.39 is 12.0 Å². The highest BCUT2D eigenvalue weighted by atomic mass is 16.5. The van der Waals surface area contributed by atoms with Gasteiger partial charge in [0.1, 0.15) is 19.0 Å². The Kier molecular flexibility index (Phi) is 3.69. The fourth-order valence-electron chi connectivity index (χ4n) is 2.41. The van der Waals surface area contributed by atoms with Crippen LogP contribution < -0.4 is 5.32 Å². The smallest absolute Gasteiger partial charge is 0.338 e. The van der Waals surface area contributed by atoms with E-state index >= 15 is 0 Å². The second-order valence-corrected chi connectivity index (χ2v) is 4.77. The molecule has 7 heteroatoms. The predicted octanol–water partition coefficient (Wildman–Crippen LogP) is 1.69. The van der Waals surface area contributed by atoms with E-state index in [1.807, 2.05) is 19.1 Å². The number of hydrogen-bond donors (Lipinski definition) is 1. The summed E-state index contributed by atoms with van der Waals surface area (Å²) < 4.78 is 6.85. The quantitative estimate of drug-likeness (QED) is 0.683. The van der Waals surface area contributed by atoms with Gasteiger partial charge in [-0.2, -0.15) is 10.1 Å². The third kappa shape index (κ3) is 2.37. The zero-order valence-electron chi connectivity index (χ0n) is 12.1. The van der Waals surface area contributed by atoms with Gasteiger partial charge in [-0.1, -0.05) is 18.7 Å². The third-order valence-corrected chi connectivity index (χ3v) is 3.35.